The summed E-state index contributed by atoms with van der Waals surface area (Å²) in [7, 11) is 0. The third-order valence-corrected chi connectivity index (χ3v) is 4.51. The molecule has 1 fully saturated rings. The summed E-state index contributed by atoms with van der Waals surface area (Å²) in [6.45, 7) is 8.88. The van der Waals surface area contributed by atoms with Crippen LogP contribution in [-0.2, 0) is 6.42 Å². The highest BCUT2D eigenvalue weighted by atomic mass is 127. The van der Waals surface area contributed by atoms with Gasteiger partial charge in [-0.2, -0.15) is 4.98 Å². The number of hydrogen-bond acceptors (Lipinski definition) is 4. The van der Waals surface area contributed by atoms with Crippen molar-refractivity contribution >= 4 is 29.9 Å². The molecule has 0 radical (unpaired) electrons. The van der Waals surface area contributed by atoms with E-state index in [1.807, 2.05) is 6.92 Å². The van der Waals surface area contributed by atoms with Crippen molar-refractivity contribution in [3.8, 4) is 0 Å². The van der Waals surface area contributed by atoms with E-state index in [1.54, 1.807) is 0 Å². The Morgan fingerprint density at radius 2 is 2.09 bits per heavy atom. The van der Waals surface area contributed by atoms with Crippen molar-refractivity contribution in [2.45, 2.75) is 59.3 Å². The molecule has 1 saturated carbocycles. The Balaban J connectivity index is 0.00000264. The van der Waals surface area contributed by atoms with Gasteiger partial charge in [0.1, 0.15) is 0 Å². The van der Waals surface area contributed by atoms with Gasteiger partial charge in [0, 0.05) is 26.1 Å². The summed E-state index contributed by atoms with van der Waals surface area (Å²) in [6.07, 6.45) is 6.98. The molecule has 1 heterocycles. The summed E-state index contributed by atoms with van der Waals surface area (Å²) < 4.78 is 5.11. The monoisotopic (exact) mass is 435 g/mol. The number of nitrogens with zero attached hydrogens (tertiary/aromatic N) is 3. The Morgan fingerprint density at radius 1 is 1.30 bits per heavy atom. The number of rotatable bonds is 8. The topological polar surface area (TPSA) is 75.3 Å². The fourth-order valence-electron chi connectivity index (χ4n) is 2.78. The molecule has 0 unspecified atom stereocenters. The zero-order valence-corrected chi connectivity index (χ0v) is 16.9. The van der Waals surface area contributed by atoms with Gasteiger partial charge in [0.25, 0.3) is 0 Å². The lowest BCUT2D eigenvalue weighted by Gasteiger charge is -2.40. The molecule has 0 bridgehead atoms. The molecule has 23 heavy (non-hydrogen) atoms. The van der Waals surface area contributed by atoms with Crippen LogP contribution in [0.25, 0.3) is 0 Å². The van der Waals surface area contributed by atoms with Gasteiger partial charge in [0.2, 0.25) is 5.89 Å². The molecule has 1 aromatic heterocycles. The molecule has 0 saturated heterocycles. The standard InChI is InChI=1S/C16H29N5O.HI/c1-4-16(9-7-10-16)12-19-15(17-5-2)18-11-6-8-14-20-13(3)21-22-14;/h4-12H2,1-3H3,(H2,17,18,19);1H. The van der Waals surface area contributed by atoms with Crippen molar-refractivity contribution in [3.63, 3.8) is 0 Å². The Kier molecular flexibility index (Phi) is 8.86. The van der Waals surface area contributed by atoms with Gasteiger partial charge in [-0.05, 0) is 44.9 Å². The zero-order valence-electron chi connectivity index (χ0n) is 14.5. The van der Waals surface area contributed by atoms with Crippen LogP contribution in [0.5, 0.6) is 0 Å². The fraction of sp³-hybridized carbons (Fsp3) is 0.812. The maximum absolute atomic E-state index is 5.11. The van der Waals surface area contributed by atoms with Gasteiger partial charge in [0.05, 0.1) is 0 Å². The molecule has 0 amide bonds. The molecular formula is C16H30IN5O. The minimum atomic E-state index is 0. The second kappa shape index (κ2) is 10.1. The van der Waals surface area contributed by atoms with Crippen LogP contribution in [0, 0.1) is 12.3 Å². The number of aromatic nitrogens is 2. The summed E-state index contributed by atoms with van der Waals surface area (Å²) in [4.78, 5) is 8.98. The van der Waals surface area contributed by atoms with Gasteiger partial charge in [-0.1, -0.05) is 18.5 Å². The molecule has 132 valence electrons. The van der Waals surface area contributed by atoms with Crippen molar-refractivity contribution in [1.29, 1.82) is 0 Å². The van der Waals surface area contributed by atoms with Crippen LogP contribution in [-0.4, -0.2) is 35.7 Å². The molecule has 0 spiro atoms. The van der Waals surface area contributed by atoms with Gasteiger partial charge < -0.3 is 15.2 Å². The van der Waals surface area contributed by atoms with Crippen LogP contribution in [0.3, 0.4) is 0 Å². The summed E-state index contributed by atoms with van der Waals surface area (Å²) in [5.74, 6) is 2.33. The molecule has 6 nitrogen and oxygen atoms in total. The highest BCUT2D eigenvalue weighted by Gasteiger charge is 2.34. The van der Waals surface area contributed by atoms with Gasteiger partial charge in [0.15, 0.2) is 11.8 Å². The molecule has 2 N–H and O–H groups in total. The maximum atomic E-state index is 5.11. The average molecular weight is 435 g/mol. The summed E-state index contributed by atoms with van der Waals surface area (Å²) in [5.41, 5.74) is 0.462. The van der Waals surface area contributed by atoms with Gasteiger partial charge in [-0.15, -0.1) is 24.0 Å². The van der Waals surface area contributed by atoms with E-state index in [4.69, 9.17) is 9.52 Å². The smallest absolute Gasteiger partial charge is 0.226 e. The second-order valence-corrected chi connectivity index (χ2v) is 6.17. The lowest BCUT2D eigenvalue weighted by Crippen LogP contribution is -2.40. The van der Waals surface area contributed by atoms with Crippen molar-refractivity contribution in [1.82, 2.24) is 20.8 Å². The Morgan fingerprint density at radius 3 is 2.61 bits per heavy atom. The number of nitrogens with one attached hydrogen (secondary N) is 2. The van der Waals surface area contributed by atoms with Crippen molar-refractivity contribution in [3.05, 3.63) is 11.7 Å². The molecule has 0 atom stereocenters. The SMILES string of the molecule is CCNC(=NCC1(CC)CCC1)NCCCc1nc(C)no1.I. The first-order chi connectivity index (χ1) is 10.7. The van der Waals surface area contributed by atoms with Crippen LogP contribution in [0.15, 0.2) is 9.52 Å². The Labute approximate surface area is 156 Å². The van der Waals surface area contributed by atoms with Crippen LogP contribution < -0.4 is 10.6 Å². The maximum Gasteiger partial charge on any atom is 0.226 e. The number of aryl methyl sites for hydroxylation is 2. The molecular weight excluding hydrogens is 405 g/mol. The third-order valence-electron chi connectivity index (χ3n) is 4.51. The molecule has 1 aliphatic carbocycles. The van der Waals surface area contributed by atoms with Crippen LogP contribution >= 0.6 is 24.0 Å². The first-order valence-corrected chi connectivity index (χ1v) is 8.49. The molecule has 2 rings (SSSR count). The lowest BCUT2D eigenvalue weighted by atomic mass is 9.67. The highest BCUT2D eigenvalue weighted by Crippen LogP contribution is 2.43. The number of aliphatic imine (C=N–C) groups is 1. The summed E-state index contributed by atoms with van der Waals surface area (Å²) >= 11 is 0. The van der Waals surface area contributed by atoms with Crippen molar-refractivity contribution in [2.24, 2.45) is 10.4 Å². The molecule has 1 aliphatic rings. The van der Waals surface area contributed by atoms with E-state index in [9.17, 15) is 0 Å². The van der Waals surface area contributed by atoms with Crippen LogP contribution in [0.4, 0.5) is 0 Å². The minimum absolute atomic E-state index is 0. The average Bonchev–Trinajstić information content (AvgIpc) is 2.88. The predicted octanol–water partition coefficient (Wildman–Crippen LogP) is 3.06. The predicted molar refractivity (Wildman–Crippen MR) is 103 cm³/mol. The first kappa shape index (κ1) is 20.2. The van der Waals surface area contributed by atoms with Crippen LogP contribution in [0.1, 0.15) is 57.7 Å². The van der Waals surface area contributed by atoms with E-state index >= 15 is 0 Å². The number of hydrogen-bond donors (Lipinski definition) is 2. The second-order valence-electron chi connectivity index (χ2n) is 6.17. The van der Waals surface area contributed by atoms with E-state index in [2.05, 4.69) is 34.6 Å². The zero-order chi connectivity index (χ0) is 15.8. The van der Waals surface area contributed by atoms with E-state index < -0.39 is 0 Å². The molecule has 0 aromatic carbocycles. The largest absolute Gasteiger partial charge is 0.357 e. The summed E-state index contributed by atoms with van der Waals surface area (Å²) in [5, 5.41) is 10.5. The molecule has 7 heteroatoms. The van der Waals surface area contributed by atoms with Gasteiger partial charge in [-0.3, -0.25) is 4.99 Å². The van der Waals surface area contributed by atoms with Crippen molar-refractivity contribution < 1.29 is 4.52 Å². The number of guanidine groups is 1. The van der Waals surface area contributed by atoms with Gasteiger partial charge in [-0.25, -0.2) is 0 Å². The van der Waals surface area contributed by atoms with Gasteiger partial charge >= 0.3 is 0 Å². The van der Waals surface area contributed by atoms with E-state index in [-0.39, 0.29) is 24.0 Å². The third kappa shape index (κ3) is 6.27. The Hall–Kier alpha value is -0.860. The fourth-order valence-corrected chi connectivity index (χ4v) is 2.78. The number of halogens is 1. The summed E-state index contributed by atoms with van der Waals surface area (Å²) in [6, 6.07) is 0. The lowest BCUT2D eigenvalue weighted by molar-refractivity contribution is 0.139. The highest BCUT2D eigenvalue weighted by molar-refractivity contribution is 14.0. The minimum Gasteiger partial charge on any atom is -0.357 e. The first-order valence-electron chi connectivity index (χ1n) is 8.49. The Bertz CT molecular complexity index is 479. The normalized spacial score (nSPS) is 16.4. The van der Waals surface area contributed by atoms with Crippen LogP contribution in [0.2, 0.25) is 0 Å². The van der Waals surface area contributed by atoms with E-state index in [1.165, 1.54) is 25.7 Å². The van der Waals surface area contributed by atoms with E-state index in [0.717, 1.165) is 38.4 Å². The molecule has 1 aromatic rings. The molecule has 0 aliphatic heterocycles. The van der Waals surface area contributed by atoms with Crippen molar-refractivity contribution in [2.75, 3.05) is 19.6 Å². The quantitative estimate of drug-likeness (QED) is 0.284. The van der Waals surface area contributed by atoms with E-state index in [0.29, 0.717) is 17.1 Å².